The molecule has 0 saturated heterocycles. The Hall–Kier alpha value is -1.49. The van der Waals surface area contributed by atoms with E-state index in [2.05, 4.69) is 5.32 Å². The van der Waals surface area contributed by atoms with Crippen LogP contribution in [-0.2, 0) is 9.59 Å². The van der Waals surface area contributed by atoms with E-state index in [-0.39, 0.29) is 11.8 Å². The maximum Gasteiger partial charge on any atom is 0.329 e. The fourth-order valence-corrected chi connectivity index (χ4v) is 3.69. The first kappa shape index (κ1) is 14.9. The van der Waals surface area contributed by atoms with Crippen molar-refractivity contribution in [2.45, 2.75) is 43.0 Å². The molecule has 2 N–H and O–H groups in total. The molecule has 0 bridgehead atoms. The molecule has 0 saturated carbocycles. The Balaban J connectivity index is 2.15. The molecule has 0 aromatic heterocycles. The van der Waals surface area contributed by atoms with Crippen LogP contribution in [0.15, 0.2) is 29.2 Å². The largest absolute Gasteiger partial charge is 0.480 e. The normalized spacial score (nSPS) is 20.0. The third kappa shape index (κ3) is 2.82. The van der Waals surface area contributed by atoms with Crippen molar-refractivity contribution in [2.75, 3.05) is 5.75 Å². The molecule has 108 valence electrons. The second kappa shape index (κ2) is 5.87. The zero-order valence-corrected chi connectivity index (χ0v) is 12.5. The molecule has 0 spiro atoms. The molecule has 2 rings (SSSR count). The molecule has 1 aliphatic heterocycles. The highest BCUT2D eigenvalue weighted by atomic mass is 32.2. The summed E-state index contributed by atoms with van der Waals surface area (Å²) in [6.45, 7) is 3.48. The highest BCUT2D eigenvalue weighted by Gasteiger charge is 2.37. The van der Waals surface area contributed by atoms with Crippen molar-refractivity contribution in [2.24, 2.45) is 0 Å². The SMILES string of the molecule is CCCC(C)(NC(=O)C1CSc2ccccc21)C(=O)O. The molecule has 4 nitrogen and oxygen atoms in total. The van der Waals surface area contributed by atoms with Crippen LogP contribution in [0.2, 0.25) is 0 Å². The molecule has 1 amide bonds. The number of carboxylic acid groups (broad SMARTS) is 1. The number of hydrogen-bond acceptors (Lipinski definition) is 3. The number of amides is 1. The fraction of sp³-hybridized carbons (Fsp3) is 0.467. The summed E-state index contributed by atoms with van der Waals surface area (Å²) in [4.78, 5) is 24.9. The molecule has 1 aromatic rings. The second-order valence-corrected chi connectivity index (χ2v) is 6.34. The number of benzene rings is 1. The third-order valence-corrected chi connectivity index (χ3v) is 4.82. The Kier molecular flexibility index (Phi) is 4.38. The summed E-state index contributed by atoms with van der Waals surface area (Å²) in [6.07, 6.45) is 1.13. The summed E-state index contributed by atoms with van der Waals surface area (Å²) in [7, 11) is 0. The van der Waals surface area contributed by atoms with Crippen LogP contribution in [-0.4, -0.2) is 28.3 Å². The van der Waals surface area contributed by atoms with Crippen LogP contribution in [0.1, 0.15) is 38.2 Å². The molecule has 0 fully saturated rings. The number of fused-ring (bicyclic) bond motifs is 1. The van der Waals surface area contributed by atoms with Gasteiger partial charge >= 0.3 is 5.97 Å². The van der Waals surface area contributed by atoms with Crippen LogP contribution in [0, 0.1) is 0 Å². The number of carbonyl (C=O) groups excluding carboxylic acids is 1. The quantitative estimate of drug-likeness (QED) is 0.876. The maximum absolute atomic E-state index is 12.4. The summed E-state index contributed by atoms with van der Waals surface area (Å²) in [6, 6.07) is 7.80. The Morgan fingerprint density at radius 3 is 2.80 bits per heavy atom. The lowest BCUT2D eigenvalue weighted by Gasteiger charge is -2.27. The van der Waals surface area contributed by atoms with Gasteiger partial charge in [0, 0.05) is 10.6 Å². The van der Waals surface area contributed by atoms with Crippen LogP contribution >= 0.6 is 11.8 Å². The van der Waals surface area contributed by atoms with Crippen molar-refractivity contribution in [1.82, 2.24) is 5.32 Å². The first-order valence-electron chi connectivity index (χ1n) is 6.75. The fourth-order valence-electron chi connectivity index (χ4n) is 2.46. The van der Waals surface area contributed by atoms with Gasteiger partial charge in [0.25, 0.3) is 0 Å². The molecular weight excluding hydrogens is 274 g/mol. The number of nitrogens with one attached hydrogen (secondary N) is 1. The molecule has 1 aliphatic rings. The standard InChI is InChI=1S/C15H19NO3S/c1-3-8-15(2,14(18)19)16-13(17)11-9-20-12-7-5-4-6-10(11)12/h4-7,11H,3,8-9H2,1-2H3,(H,16,17)(H,18,19). The van der Waals surface area contributed by atoms with Crippen LogP contribution in [0.4, 0.5) is 0 Å². The third-order valence-electron chi connectivity index (χ3n) is 3.64. The number of hydrogen-bond donors (Lipinski definition) is 2. The van der Waals surface area contributed by atoms with Gasteiger partial charge in [0.1, 0.15) is 5.54 Å². The summed E-state index contributed by atoms with van der Waals surface area (Å²) in [5.41, 5.74) is -0.187. The highest BCUT2D eigenvalue weighted by molar-refractivity contribution is 7.99. The number of carbonyl (C=O) groups is 2. The van der Waals surface area contributed by atoms with Crippen molar-refractivity contribution in [3.05, 3.63) is 29.8 Å². The number of carboxylic acids is 1. The minimum absolute atomic E-state index is 0.194. The average molecular weight is 293 g/mol. The van der Waals surface area contributed by atoms with Gasteiger partial charge in [0.15, 0.2) is 0 Å². The Bertz CT molecular complexity index is 532. The van der Waals surface area contributed by atoms with Crippen LogP contribution in [0.25, 0.3) is 0 Å². The van der Waals surface area contributed by atoms with E-state index >= 15 is 0 Å². The average Bonchev–Trinajstić information content (AvgIpc) is 2.82. The first-order valence-corrected chi connectivity index (χ1v) is 7.73. The lowest BCUT2D eigenvalue weighted by molar-refractivity contribution is -0.147. The summed E-state index contributed by atoms with van der Waals surface area (Å²) in [5.74, 6) is -0.758. The van der Waals surface area contributed by atoms with E-state index in [0.29, 0.717) is 18.6 Å². The van der Waals surface area contributed by atoms with Gasteiger partial charge in [-0.15, -0.1) is 11.8 Å². The zero-order valence-electron chi connectivity index (χ0n) is 11.7. The molecule has 1 aromatic carbocycles. The van der Waals surface area contributed by atoms with Gasteiger partial charge in [-0.2, -0.15) is 0 Å². The molecular formula is C15H19NO3S. The van der Waals surface area contributed by atoms with Crippen molar-refractivity contribution in [3.8, 4) is 0 Å². The van der Waals surface area contributed by atoms with Crippen molar-refractivity contribution < 1.29 is 14.7 Å². The molecule has 2 atom stereocenters. The van der Waals surface area contributed by atoms with E-state index in [1.165, 1.54) is 0 Å². The summed E-state index contributed by atoms with van der Waals surface area (Å²) >= 11 is 1.64. The lowest BCUT2D eigenvalue weighted by atomic mass is 9.93. The minimum atomic E-state index is -1.19. The van der Waals surface area contributed by atoms with Gasteiger partial charge < -0.3 is 10.4 Å². The highest BCUT2D eigenvalue weighted by Crippen LogP contribution is 2.39. The van der Waals surface area contributed by atoms with E-state index in [4.69, 9.17) is 0 Å². The molecule has 20 heavy (non-hydrogen) atoms. The van der Waals surface area contributed by atoms with Gasteiger partial charge in [-0.25, -0.2) is 4.79 Å². The van der Waals surface area contributed by atoms with Crippen LogP contribution in [0.5, 0.6) is 0 Å². The van der Waals surface area contributed by atoms with Crippen LogP contribution < -0.4 is 5.32 Å². The van der Waals surface area contributed by atoms with Gasteiger partial charge in [-0.3, -0.25) is 4.79 Å². The van der Waals surface area contributed by atoms with Crippen molar-refractivity contribution >= 4 is 23.6 Å². The zero-order chi connectivity index (χ0) is 14.8. The topological polar surface area (TPSA) is 66.4 Å². The molecule has 2 unspecified atom stereocenters. The van der Waals surface area contributed by atoms with Crippen LogP contribution in [0.3, 0.4) is 0 Å². The number of rotatable bonds is 5. The lowest BCUT2D eigenvalue weighted by Crippen LogP contribution is -2.53. The molecule has 0 radical (unpaired) electrons. The first-order chi connectivity index (χ1) is 9.48. The van der Waals surface area contributed by atoms with E-state index in [0.717, 1.165) is 10.5 Å². The maximum atomic E-state index is 12.4. The molecule has 5 heteroatoms. The van der Waals surface area contributed by atoms with E-state index in [9.17, 15) is 14.7 Å². The summed E-state index contributed by atoms with van der Waals surface area (Å²) < 4.78 is 0. The predicted octanol–water partition coefficient (Wildman–Crippen LogP) is 2.64. The molecule has 0 aliphatic carbocycles. The number of thioether (sulfide) groups is 1. The summed E-state index contributed by atoms with van der Waals surface area (Å²) in [5, 5.41) is 12.1. The monoisotopic (exact) mass is 293 g/mol. The van der Waals surface area contributed by atoms with Gasteiger partial charge in [0.2, 0.25) is 5.91 Å². The second-order valence-electron chi connectivity index (χ2n) is 5.28. The molecule has 1 heterocycles. The minimum Gasteiger partial charge on any atom is -0.480 e. The Morgan fingerprint density at radius 2 is 2.15 bits per heavy atom. The van der Waals surface area contributed by atoms with Gasteiger partial charge in [-0.1, -0.05) is 31.5 Å². The van der Waals surface area contributed by atoms with Gasteiger partial charge in [0.05, 0.1) is 5.92 Å². The Labute approximate surface area is 123 Å². The number of aliphatic carboxylic acids is 1. The van der Waals surface area contributed by atoms with Crippen molar-refractivity contribution in [3.63, 3.8) is 0 Å². The predicted molar refractivity (Wildman–Crippen MR) is 79.0 cm³/mol. The Morgan fingerprint density at radius 1 is 1.45 bits per heavy atom. The van der Waals surface area contributed by atoms with Gasteiger partial charge in [-0.05, 0) is 25.0 Å². The van der Waals surface area contributed by atoms with E-state index in [1.807, 2.05) is 31.2 Å². The smallest absolute Gasteiger partial charge is 0.329 e. The van der Waals surface area contributed by atoms with E-state index in [1.54, 1.807) is 18.7 Å². The van der Waals surface area contributed by atoms with Crippen molar-refractivity contribution in [1.29, 1.82) is 0 Å². The van der Waals surface area contributed by atoms with E-state index < -0.39 is 11.5 Å².